The van der Waals surface area contributed by atoms with E-state index in [0.29, 0.717) is 18.4 Å². The van der Waals surface area contributed by atoms with Crippen LogP contribution in [0, 0.1) is 5.92 Å². The monoisotopic (exact) mass is 300 g/mol. The van der Waals surface area contributed by atoms with E-state index in [2.05, 4.69) is 0 Å². The fraction of sp³-hybridized carbons (Fsp3) is 0.533. The molecule has 1 aromatic carbocycles. The standard InChI is InChI=1S/C15H19F3N2O/c16-15(17,18)10-20(9-11-5-2-1-3-6-11)14(21)12-7-4-8-13(12)19/h1-3,5-6,12-13H,4,7-10,19H2. The van der Waals surface area contributed by atoms with Crippen LogP contribution in [0.5, 0.6) is 0 Å². The van der Waals surface area contributed by atoms with Crippen molar-refractivity contribution in [3.63, 3.8) is 0 Å². The van der Waals surface area contributed by atoms with Crippen LogP contribution < -0.4 is 5.73 Å². The predicted molar refractivity (Wildman–Crippen MR) is 73.2 cm³/mol. The molecule has 2 unspecified atom stereocenters. The third kappa shape index (κ3) is 4.46. The number of rotatable bonds is 4. The number of amides is 1. The lowest BCUT2D eigenvalue weighted by molar-refractivity contribution is -0.165. The number of alkyl halides is 3. The summed E-state index contributed by atoms with van der Waals surface area (Å²) in [6.07, 6.45) is -2.35. The summed E-state index contributed by atoms with van der Waals surface area (Å²) < 4.78 is 38.2. The average Bonchev–Trinajstić information content (AvgIpc) is 2.83. The summed E-state index contributed by atoms with van der Waals surface area (Å²) >= 11 is 0. The van der Waals surface area contributed by atoms with E-state index in [4.69, 9.17) is 5.73 Å². The summed E-state index contributed by atoms with van der Waals surface area (Å²) in [5.41, 5.74) is 6.53. The second-order valence-corrected chi connectivity index (χ2v) is 5.50. The maximum absolute atomic E-state index is 12.7. The van der Waals surface area contributed by atoms with Gasteiger partial charge in [-0.25, -0.2) is 0 Å². The molecule has 21 heavy (non-hydrogen) atoms. The smallest absolute Gasteiger partial charge is 0.329 e. The van der Waals surface area contributed by atoms with Gasteiger partial charge in [0, 0.05) is 12.6 Å². The number of carbonyl (C=O) groups excluding carboxylic acids is 1. The summed E-state index contributed by atoms with van der Waals surface area (Å²) in [7, 11) is 0. The van der Waals surface area contributed by atoms with E-state index in [1.165, 1.54) is 0 Å². The first-order valence-corrected chi connectivity index (χ1v) is 7.02. The molecule has 116 valence electrons. The number of halogens is 3. The van der Waals surface area contributed by atoms with Gasteiger partial charge in [0.05, 0.1) is 5.92 Å². The molecule has 1 saturated carbocycles. The highest BCUT2D eigenvalue weighted by Gasteiger charge is 2.38. The normalized spacial score (nSPS) is 22.3. The molecule has 0 bridgehead atoms. The Kier molecular flexibility index (Phi) is 4.88. The molecule has 1 aliphatic rings. The van der Waals surface area contributed by atoms with Crippen molar-refractivity contribution in [3.8, 4) is 0 Å². The van der Waals surface area contributed by atoms with Crippen LogP contribution in [0.3, 0.4) is 0 Å². The van der Waals surface area contributed by atoms with Crippen LogP contribution in [0.15, 0.2) is 30.3 Å². The van der Waals surface area contributed by atoms with Gasteiger partial charge in [0.2, 0.25) is 5.91 Å². The quantitative estimate of drug-likeness (QED) is 0.929. The Morgan fingerprint density at radius 1 is 1.24 bits per heavy atom. The molecular weight excluding hydrogens is 281 g/mol. The van der Waals surface area contributed by atoms with Crippen LogP contribution >= 0.6 is 0 Å². The Hall–Kier alpha value is -1.56. The Bertz CT molecular complexity index is 476. The minimum Gasteiger partial charge on any atom is -0.329 e. The molecule has 1 amide bonds. The van der Waals surface area contributed by atoms with Crippen LogP contribution in [-0.2, 0) is 11.3 Å². The first-order chi connectivity index (χ1) is 9.87. The van der Waals surface area contributed by atoms with Gasteiger partial charge >= 0.3 is 6.18 Å². The molecule has 0 heterocycles. The minimum atomic E-state index is -4.41. The molecule has 0 spiro atoms. The van der Waals surface area contributed by atoms with Crippen LogP contribution in [0.25, 0.3) is 0 Å². The van der Waals surface area contributed by atoms with Gasteiger partial charge in [0.15, 0.2) is 0 Å². The van der Waals surface area contributed by atoms with Crippen LogP contribution in [0.2, 0.25) is 0 Å². The summed E-state index contributed by atoms with van der Waals surface area (Å²) in [5, 5.41) is 0. The Morgan fingerprint density at radius 3 is 2.43 bits per heavy atom. The highest BCUT2D eigenvalue weighted by atomic mass is 19.4. The molecule has 1 aliphatic carbocycles. The van der Waals surface area contributed by atoms with Crippen molar-refractivity contribution in [3.05, 3.63) is 35.9 Å². The Morgan fingerprint density at radius 2 is 1.90 bits per heavy atom. The number of nitrogens with two attached hydrogens (primary N) is 1. The zero-order valence-corrected chi connectivity index (χ0v) is 11.6. The van der Waals surface area contributed by atoms with E-state index in [9.17, 15) is 18.0 Å². The summed E-state index contributed by atoms with van der Waals surface area (Å²) in [4.78, 5) is 13.3. The van der Waals surface area contributed by atoms with Crippen LogP contribution in [-0.4, -0.2) is 29.6 Å². The molecule has 3 nitrogen and oxygen atoms in total. The summed E-state index contributed by atoms with van der Waals surface area (Å²) in [5.74, 6) is -0.975. The molecule has 2 rings (SSSR count). The number of benzene rings is 1. The number of hydrogen-bond donors (Lipinski definition) is 1. The van der Waals surface area contributed by atoms with Gasteiger partial charge in [-0.2, -0.15) is 13.2 Å². The third-order valence-electron chi connectivity index (χ3n) is 3.78. The minimum absolute atomic E-state index is 0.0393. The van der Waals surface area contributed by atoms with Crippen LogP contribution in [0.4, 0.5) is 13.2 Å². The van der Waals surface area contributed by atoms with Crippen molar-refractivity contribution in [1.82, 2.24) is 4.90 Å². The highest BCUT2D eigenvalue weighted by Crippen LogP contribution is 2.28. The van der Waals surface area contributed by atoms with Crippen LogP contribution in [0.1, 0.15) is 24.8 Å². The van der Waals surface area contributed by atoms with Gasteiger partial charge in [-0.1, -0.05) is 36.8 Å². The summed E-state index contributed by atoms with van der Waals surface area (Å²) in [6, 6.07) is 8.37. The van der Waals surface area contributed by atoms with E-state index in [1.807, 2.05) is 0 Å². The molecule has 2 atom stereocenters. The fourth-order valence-corrected chi connectivity index (χ4v) is 2.76. The first-order valence-electron chi connectivity index (χ1n) is 7.02. The van der Waals surface area contributed by atoms with Gasteiger partial charge in [0.1, 0.15) is 6.54 Å². The molecule has 0 aliphatic heterocycles. The molecular formula is C15H19F3N2O. The van der Waals surface area contributed by atoms with Gasteiger partial charge in [-0.05, 0) is 18.4 Å². The lowest BCUT2D eigenvalue weighted by atomic mass is 10.0. The maximum Gasteiger partial charge on any atom is 0.406 e. The summed E-state index contributed by atoms with van der Waals surface area (Å²) in [6.45, 7) is -1.27. The van der Waals surface area contributed by atoms with Crippen molar-refractivity contribution in [2.24, 2.45) is 11.7 Å². The third-order valence-corrected chi connectivity index (χ3v) is 3.78. The highest BCUT2D eigenvalue weighted by molar-refractivity contribution is 5.80. The molecule has 1 aromatic rings. The lowest BCUT2D eigenvalue weighted by Crippen LogP contribution is -2.45. The second-order valence-electron chi connectivity index (χ2n) is 5.50. The molecule has 6 heteroatoms. The van der Waals surface area contributed by atoms with Crippen molar-refractivity contribution in [1.29, 1.82) is 0 Å². The number of carbonyl (C=O) groups is 1. The van der Waals surface area contributed by atoms with Gasteiger partial charge in [-0.15, -0.1) is 0 Å². The largest absolute Gasteiger partial charge is 0.406 e. The molecule has 2 N–H and O–H groups in total. The maximum atomic E-state index is 12.7. The van der Waals surface area contributed by atoms with E-state index in [-0.39, 0.29) is 12.6 Å². The zero-order valence-electron chi connectivity index (χ0n) is 11.6. The Balaban J connectivity index is 2.13. The van der Waals surface area contributed by atoms with E-state index < -0.39 is 24.5 Å². The van der Waals surface area contributed by atoms with E-state index in [0.717, 1.165) is 11.3 Å². The predicted octanol–water partition coefficient (Wildman–Crippen LogP) is 2.70. The molecule has 1 fully saturated rings. The Labute approximate surface area is 121 Å². The van der Waals surface area contributed by atoms with Gasteiger partial charge in [0.25, 0.3) is 0 Å². The van der Waals surface area contributed by atoms with Crippen molar-refractivity contribution in [2.75, 3.05) is 6.54 Å². The lowest BCUT2D eigenvalue weighted by Gasteiger charge is -2.28. The molecule has 0 aromatic heterocycles. The topological polar surface area (TPSA) is 46.3 Å². The molecule has 0 saturated heterocycles. The van der Waals surface area contributed by atoms with Crippen molar-refractivity contribution in [2.45, 2.75) is 38.0 Å². The van der Waals surface area contributed by atoms with Crippen molar-refractivity contribution >= 4 is 5.91 Å². The second kappa shape index (κ2) is 6.47. The van der Waals surface area contributed by atoms with Gasteiger partial charge < -0.3 is 10.6 Å². The van der Waals surface area contributed by atoms with Gasteiger partial charge in [-0.3, -0.25) is 4.79 Å². The van der Waals surface area contributed by atoms with Crippen molar-refractivity contribution < 1.29 is 18.0 Å². The van der Waals surface area contributed by atoms with E-state index in [1.54, 1.807) is 30.3 Å². The average molecular weight is 300 g/mol. The van der Waals surface area contributed by atoms with E-state index >= 15 is 0 Å². The SMILES string of the molecule is NC1CCCC1C(=O)N(Cc1ccccc1)CC(F)(F)F. The molecule has 0 radical (unpaired) electrons. The fourth-order valence-electron chi connectivity index (χ4n) is 2.76. The first kappa shape index (κ1) is 15.8. The number of hydrogen-bond acceptors (Lipinski definition) is 2. The number of nitrogens with zero attached hydrogens (tertiary/aromatic N) is 1. The zero-order chi connectivity index (χ0) is 15.5.